The number of amides is 1. The third-order valence-electron chi connectivity index (χ3n) is 3.38. The zero-order chi connectivity index (χ0) is 14.5. The van der Waals surface area contributed by atoms with Gasteiger partial charge < -0.3 is 16.2 Å². The first kappa shape index (κ1) is 15.0. The summed E-state index contributed by atoms with van der Waals surface area (Å²) in [6.45, 7) is 1.79. The molecule has 1 fully saturated rings. The average molecular weight is 297 g/mol. The van der Waals surface area contributed by atoms with Crippen LogP contribution in [0.3, 0.4) is 0 Å². The summed E-state index contributed by atoms with van der Waals surface area (Å²) in [6, 6.07) is 2.74. The lowest BCUT2D eigenvalue weighted by Crippen LogP contribution is -2.45. The molecule has 1 aliphatic heterocycles. The number of rotatable bonds is 5. The highest BCUT2D eigenvalue weighted by molar-refractivity contribution is 7.10. The van der Waals surface area contributed by atoms with Crippen molar-refractivity contribution in [3.63, 3.8) is 0 Å². The number of thiophene rings is 1. The maximum absolute atomic E-state index is 12.0. The first-order valence-electron chi connectivity index (χ1n) is 6.60. The average Bonchev–Trinajstić information content (AvgIpc) is 2.92. The lowest BCUT2D eigenvalue weighted by atomic mass is 10.1. The largest absolute Gasteiger partial charge is 0.479 e. The first-order chi connectivity index (χ1) is 9.56. The summed E-state index contributed by atoms with van der Waals surface area (Å²) < 4.78 is 0. The van der Waals surface area contributed by atoms with Gasteiger partial charge in [0, 0.05) is 24.0 Å². The fourth-order valence-electron chi connectivity index (χ4n) is 2.23. The maximum Gasteiger partial charge on any atom is 0.331 e. The highest BCUT2D eigenvalue weighted by Crippen LogP contribution is 2.19. The Balaban J connectivity index is 1.87. The van der Waals surface area contributed by atoms with Gasteiger partial charge in [-0.2, -0.15) is 0 Å². The number of piperidine rings is 1. The van der Waals surface area contributed by atoms with Crippen LogP contribution in [0.2, 0.25) is 0 Å². The van der Waals surface area contributed by atoms with Gasteiger partial charge in [-0.15, -0.1) is 11.3 Å². The monoisotopic (exact) mass is 297 g/mol. The molecule has 1 atom stereocenters. The number of aliphatic carboxylic acids is 1. The van der Waals surface area contributed by atoms with Gasteiger partial charge in [0.15, 0.2) is 6.04 Å². The van der Waals surface area contributed by atoms with Gasteiger partial charge in [0.05, 0.1) is 6.54 Å². The number of nitrogens with zero attached hydrogens (tertiary/aromatic N) is 1. The molecule has 0 saturated carbocycles. The molecule has 2 heterocycles. The van der Waals surface area contributed by atoms with E-state index >= 15 is 0 Å². The van der Waals surface area contributed by atoms with Crippen LogP contribution in [0, 0.1) is 0 Å². The molecule has 110 valence electrons. The van der Waals surface area contributed by atoms with Gasteiger partial charge in [0.25, 0.3) is 0 Å². The van der Waals surface area contributed by atoms with Crippen LogP contribution in [-0.4, -0.2) is 47.6 Å². The molecule has 6 nitrogen and oxygen atoms in total. The lowest BCUT2D eigenvalue weighted by Gasteiger charge is -2.29. The zero-order valence-electron chi connectivity index (χ0n) is 11.1. The maximum atomic E-state index is 12.0. The van der Waals surface area contributed by atoms with E-state index in [9.17, 15) is 14.7 Å². The number of carboxylic acids is 1. The molecule has 0 bridgehead atoms. The van der Waals surface area contributed by atoms with Crippen LogP contribution >= 0.6 is 11.3 Å². The number of nitrogens with one attached hydrogen (secondary N) is 1. The fourth-order valence-corrected chi connectivity index (χ4v) is 3.00. The molecule has 0 aliphatic carbocycles. The van der Waals surface area contributed by atoms with Crippen molar-refractivity contribution in [2.75, 3.05) is 19.6 Å². The minimum Gasteiger partial charge on any atom is -0.479 e. The molecule has 0 spiro atoms. The number of likely N-dealkylation sites (tertiary alicyclic amines) is 1. The lowest BCUT2D eigenvalue weighted by molar-refractivity contribution is -0.142. The molecule has 2 rings (SSSR count). The Labute approximate surface area is 121 Å². The van der Waals surface area contributed by atoms with Crippen LogP contribution in [-0.2, 0) is 9.59 Å². The highest BCUT2D eigenvalue weighted by Gasteiger charge is 2.24. The molecule has 1 unspecified atom stereocenters. The van der Waals surface area contributed by atoms with Crippen molar-refractivity contribution < 1.29 is 14.7 Å². The van der Waals surface area contributed by atoms with Crippen molar-refractivity contribution in [1.82, 2.24) is 10.2 Å². The molecule has 20 heavy (non-hydrogen) atoms. The molecule has 7 heteroatoms. The summed E-state index contributed by atoms with van der Waals surface area (Å²) in [5, 5.41) is 13.6. The van der Waals surface area contributed by atoms with Crippen LogP contribution in [0.25, 0.3) is 0 Å². The fraction of sp³-hybridized carbons (Fsp3) is 0.538. The number of carboxylic acid groups (broad SMARTS) is 1. The van der Waals surface area contributed by atoms with Crippen molar-refractivity contribution in [2.24, 2.45) is 5.73 Å². The Morgan fingerprint density at radius 3 is 2.75 bits per heavy atom. The van der Waals surface area contributed by atoms with E-state index in [1.807, 2.05) is 4.90 Å². The van der Waals surface area contributed by atoms with Gasteiger partial charge >= 0.3 is 5.97 Å². The minimum absolute atomic E-state index is 0.215. The molecule has 1 amide bonds. The van der Waals surface area contributed by atoms with Crippen LogP contribution in [0.15, 0.2) is 17.5 Å². The number of hydrogen-bond acceptors (Lipinski definition) is 5. The minimum atomic E-state index is -1.04. The van der Waals surface area contributed by atoms with E-state index in [-0.39, 0.29) is 18.5 Å². The predicted molar refractivity (Wildman–Crippen MR) is 76.5 cm³/mol. The summed E-state index contributed by atoms with van der Waals surface area (Å²) in [4.78, 5) is 25.8. The topological polar surface area (TPSA) is 95.7 Å². The standard InChI is InChI=1S/C13H19N3O3S/c14-9-3-5-16(6-4-9)8-11(17)15-12(13(18)19)10-2-1-7-20-10/h1-2,7,9,12H,3-6,8,14H2,(H,15,17)(H,18,19). The quantitative estimate of drug-likeness (QED) is 0.732. The smallest absolute Gasteiger partial charge is 0.331 e. The molecule has 1 aromatic rings. The Hall–Kier alpha value is -1.44. The van der Waals surface area contributed by atoms with Gasteiger partial charge in [-0.05, 0) is 24.3 Å². The number of nitrogens with two attached hydrogens (primary N) is 1. The van der Waals surface area contributed by atoms with E-state index < -0.39 is 12.0 Å². The van der Waals surface area contributed by atoms with Gasteiger partial charge in [-0.3, -0.25) is 9.69 Å². The molecule has 0 aromatic carbocycles. The molecule has 1 aromatic heterocycles. The highest BCUT2D eigenvalue weighted by atomic mass is 32.1. The second-order valence-corrected chi connectivity index (χ2v) is 5.95. The number of hydrogen-bond donors (Lipinski definition) is 3. The van der Waals surface area contributed by atoms with Crippen molar-refractivity contribution in [3.05, 3.63) is 22.4 Å². The van der Waals surface area contributed by atoms with Crippen molar-refractivity contribution >= 4 is 23.2 Å². The summed E-state index contributed by atoms with van der Waals surface area (Å²) >= 11 is 1.32. The van der Waals surface area contributed by atoms with Gasteiger partial charge in [0.1, 0.15) is 0 Å². The summed E-state index contributed by atoms with van der Waals surface area (Å²) in [7, 11) is 0. The number of carbonyl (C=O) groups is 2. The van der Waals surface area contributed by atoms with E-state index in [1.165, 1.54) is 11.3 Å². The van der Waals surface area contributed by atoms with Crippen molar-refractivity contribution in [1.29, 1.82) is 0 Å². The van der Waals surface area contributed by atoms with Crippen LogP contribution in [0.5, 0.6) is 0 Å². The first-order valence-corrected chi connectivity index (χ1v) is 7.47. The SMILES string of the molecule is NC1CCN(CC(=O)NC(C(=O)O)c2cccs2)CC1. The second kappa shape index (κ2) is 6.83. The third kappa shape index (κ3) is 4.03. The zero-order valence-corrected chi connectivity index (χ0v) is 11.9. The number of carbonyl (C=O) groups excluding carboxylic acids is 1. The van der Waals surface area contributed by atoms with Gasteiger partial charge in [0.2, 0.25) is 5.91 Å². The van der Waals surface area contributed by atoms with Crippen molar-refractivity contribution in [2.45, 2.75) is 24.9 Å². The van der Waals surface area contributed by atoms with E-state index in [0.29, 0.717) is 4.88 Å². The molecular weight excluding hydrogens is 278 g/mol. The second-order valence-electron chi connectivity index (χ2n) is 4.97. The van der Waals surface area contributed by atoms with E-state index in [2.05, 4.69) is 5.32 Å². The molecule has 1 aliphatic rings. The Morgan fingerprint density at radius 2 is 2.20 bits per heavy atom. The Bertz CT molecular complexity index is 455. The molecule has 0 radical (unpaired) electrons. The molecular formula is C13H19N3O3S. The van der Waals surface area contributed by atoms with Crippen LogP contribution < -0.4 is 11.1 Å². The van der Waals surface area contributed by atoms with Gasteiger partial charge in [-0.1, -0.05) is 6.07 Å². The third-order valence-corrected chi connectivity index (χ3v) is 4.32. The van der Waals surface area contributed by atoms with Crippen LogP contribution in [0.1, 0.15) is 23.8 Å². The Kier molecular flexibility index (Phi) is 5.11. The van der Waals surface area contributed by atoms with Gasteiger partial charge in [-0.25, -0.2) is 4.79 Å². The summed E-state index contributed by atoms with van der Waals surface area (Å²) in [5.74, 6) is -1.30. The van der Waals surface area contributed by atoms with Crippen LogP contribution in [0.4, 0.5) is 0 Å². The van der Waals surface area contributed by atoms with E-state index in [4.69, 9.17) is 5.73 Å². The van der Waals surface area contributed by atoms with E-state index in [1.54, 1.807) is 17.5 Å². The van der Waals surface area contributed by atoms with E-state index in [0.717, 1.165) is 25.9 Å². The molecule has 1 saturated heterocycles. The normalized spacial score (nSPS) is 18.6. The van der Waals surface area contributed by atoms with Crippen molar-refractivity contribution in [3.8, 4) is 0 Å². The predicted octanol–water partition coefficient (Wildman–Crippen LogP) is 0.413. The summed E-state index contributed by atoms with van der Waals surface area (Å²) in [6.07, 6.45) is 1.75. The molecule has 4 N–H and O–H groups in total. The summed E-state index contributed by atoms with van der Waals surface area (Å²) in [5.41, 5.74) is 5.81. The Morgan fingerprint density at radius 1 is 1.50 bits per heavy atom.